The van der Waals surface area contributed by atoms with Gasteiger partial charge in [-0.3, -0.25) is 4.40 Å². The first kappa shape index (κ1) is 28.2. The minimum absolute atomic E-state index is 0. The third-order valence-electron chi connectivity index (χ3n) is 6.62. The fourth-order valence-corrected chi connectivity index (χ4v) is 4.61. The molecule has 1 fully saturated rings. The van der Waals surface area contributed by atoms with Crippen molar-refractivity contribution in [1.29, 1.82) is 5.26 Å². The van der Waals surface area contributed by atoms with Crippen LogP contribution < -0.4 is 14.8 Å². The second-order valence-corrected chi connectivity index (χ2v) is 9.10. The first-order valence-corrected chi connectivity index (χ1v) is 12.5. The summed E-state index contributed by atoms with van der Waals surface area (Å²) in [5.74, 6) is -0.322. The molecule has 1 saturated heterocycles. The smallest absolute Gasteiger partial charge is 0.250 e. The van der Waals surface area contributed by atoms with Gasteiger partial charge in [-0.1, -0.05) is 5.21 Å². The van der Waals surface area contributed by atoms with E-state index in [9.17, 15) is 9.65 Å². The molecule has 0 radical (unpaired) electrons. The van der Waals surface area contributed by atoms with Crippen LogP contribution in [0, 0.1) is 24.1 Å². The van der Waals surface area contributed by atoms with Gasteiger partial charge in [0.25, 0.3) is 5.88 Å². The molecule has 1 aliphatic heterocycles. The maximum atomic E-state index is 14.2. The molecular formula is C26H30ClFN8O3. The van der Waals surface area contributed by atoms with Crippen LogP contribution in [0.2, 0.25) is 0 Å². The van der Waals surface area contributed by atoms with Crippen LogP contribution >= 0.6 is 12.4 Å². The molecule has 1 atom stereocenters. The Kier molecular flexibility index (Phi) is 8.96. The number of aromatic nitrogens is 6. The van der Waals surface area contributed by atoms with Gasteiger partial charge in [-0.15, -0.1) is 17.5 Å². The highest BCUT2D eigenvalue weighted by molar-refractivity contribution is 5.85. The monoisotopic (exact) mass is 556 g/mol. The van der Waals surface area contributed by atoms with Crippen molar-refractivity contribution < 1.29 is 18.6 Å². The van der Waals surface area contributed by atoms with Crippen LogP contribution in [0.5, 0.6) is 11.8 Å². The van der Waals surface area contributed by atoms with E-state index in [1.165, 1.54) is 25.4 Å². The summed E-state index contributed by atoms with van der Waals surface area (Å²) in [7, 11) is 1.54. The van der Waals surface area contributed by atoms with Crippen LogP contribution in [-0.2, 0) is 4.74 Å². The number of nitriles is 1. The average Bonchev–Trinajstić information content (AvgIpc) is 3.53. The van der Waals surface area contributed by atoms with E-state index in [2.05, 4.69) is 31.7 Å². The molecule has 4 aromatic heterocycles. The Hall–Kier alpha value is -3.79. The summed E-state index contributed by atoms with van der Waals surface area (Å²) in [4.78, 5) is 8.71. The van der Waals surface area contributed by atoms with Crippen molar-refractivity contribution in [2.24, 2.45) is 0 Å². The molecule has 0 spiro atoms. The number of fused-ring (bicyclic) bond motifs is 1. The SMILES string of the molecule is COCCOc1nc(C(C)Oc2cc(-c3nnn(C4CCNCC4)c3C)cc3ncc(C#N)n23)ccc1F.Cl. The van der Waals surface area contributed by atoms with E-state index in [-0.39, 0.29) is 24.9 Å². The van der Waals surface area contributed by atoms with Crippen LogP contribution in [0.4, 0.5) is 4.39 Å². The Morgan fingerprint density at radius 2 is 2.03 bits per heavy atom. The van der Waals surface area contributed by atoms with Crippen molar-refractivity contribution in [2.75, 3.05) is 33.4 Å². The zero-order valence-electron chi connectivity index (χ0n) is 21.9. The molecule has 0 saturated carbocycles. The molecule has 13 heteroatoms. The summed E-state index contributed by atoms with van der Waals surface area (Å²) in [6.45, 7) is 6.16. The Bertz CT molecular complexity index is 1480. The predicted molar refractivity (Wildman–Crippen MR) is 143 cm³/mol. The lowest BCUT2D eigenvalue weighted by atomic mass is 10.1. The van der Waals surface area contributed by atoms with Gasteiger partial charge in [0, 0.05) is 18.7 Å². The van der Waals surface area contributed by atoms with Crippen LogP contribution in [0.25, 0.3) is 16.9 Å². The molecule has 0 amide bonds. The van der Waals surface area contributed by atoms with E-state index in [1.807, 2.05) is 23.7 Å². The number of halogens is 2. The predicted octanol–water partition coefficient (Wildman–Crippen LogP) is 3.82. The van der Waals surface area contributed by atoms with Crippen LogP contribution in [-0.4, -0.2) is 62.8 Å². The van der Waals surface area contributed by atoms with Crippen molar-refractivity contribution >= 4 is 18.1 Å². The molecule has 5 rings (SSSR count). The number of pyridine rings is 2. The van der Waals surface area contributed by atoms with Crippen molar-refractivity contribution in [2.45, 2.75) is 38.8 Å². The Labute approximate surface area is 231 Å². The van der Waals surface area contributed by atoms with Gasteiger partial charge in [-0.2, -0.15) is 5.26 Å². The summed E-state index contributed by atoms with van der Waals surface area (Å²) in [6, 6.07) is 8.95. The van der Waals surface area contributed by atoms with Gasteiger partial charge in [-0.25, -0.2) is 19.0 Å². The number of piperidine rings is 1. The van der Waals surface area contributed by atoms with Crippen LogP contribution in [0.3, 0.4) is 0 Å². The standard InChI is InChI=1S/C26H29FN8O3.ClH/c1-16-25(32-33-35(16)19-6-8-29-9-7-19)18-12-23-30-15-20(14-28)34(23)24(13-18)38-17(2)22-5-4-21(27)26(31-22)37-11-10-36-3;/h4-5,12-13,15,17,19,29H,6-11H2,1-3H3;1H. The van der Waals surface area contributed by atoms with E-state index in [0.717, 1.165) is 42.9 Å². The molecule has 1 unspecified atom stereocenters. The maximum Gasteiger partial charge on any atom is 0.250 e. The minimum Gasteiger partial charge on any atom is -0.473 e. The minimum atomic E-state index is -0.598. The quantitative estimate of drug-likeness (QED) is 0.306. The molecule has 5 heterocycles. The molecule has 11 nitrogen and oxygen atoms in total. The number of imidazole rings is 1. The van der Waals surface area contributed by atoms with Crippen molar-refractivity contribution in [3.05, 3.63) is 53.4 Å². The Balaban J connectivity index is 0.00000353. The van der Waals surface area contributed by atoms with Crippen molar-refractivity contribution in [3.8, 4) is 29.1 Å². The summed E-state index contributed by atoms with van der Waals surface area (Å²) in [6.07, 6.45) is 2.87. The van der Waals surface area contributed by atoms with E-state index < -0.39 is 11.9 Å². The van der Waals surface area contributed by atoms with Crippen LogP contribution in [0.15, 0.2) is 30.5 Å². The highest BCUT2D eigenvalue weighted by Gasteiger charge is 2.23. The molecule has 39 heavy (non-hydrogen) atoms. The normalized spacial score (nSPS) is 14.5. The third-order valence-corrected chi connectivity index (χ3v) is 6.62. The molecule has 4 aromatic rings. The molecule has 0 aromatic carbocycles. The highest BCUT2D eigenvalue weighted by atomic mass is 35.5. The van der Waals surface area contributed by atoms with Gasteiger partial charge in [-0.05, 0) is 58.0 Å². The largest absolute Gasteiger partial charge is 0.473 e. The highest BCUT2D eigenvalue weighted by Crippen LogP contribution is 2.32. The first-order valence-electron chi connectivity index (χ1n) is 12.5. The molecule has 0 aliphatic carbocycles. The summed E-state index contributed by atoms with van der Waals surface area (Å²) < 4.78 is 34.5. The van der Waals surface area contributed by atoms with E-state index in [4.69, 9.17) is 14.2 Å². The summed E-state index contributed by atoms with van der Waals surface area (Å²) >= 11 is 0. The second-order valence-electron chi connectivity index (χ2n) is 9.10. The lowest BCUT2D eigenvalue weighted by Gasteiger charge is -2.23. The van der Waals surface area contributed by atoms with Crippen LogP contribution in [0.1, 0.15) is 49.0 Å². The summed E-state index contributed by atoms with van der Waals surface area (Å²) in [5, 5.41) is 22.0. The van der Waals surface area contributed by atoms with Gasteiger partial charge >= 0.3 is 0 Å². The molecule has 0 bridgehead atoms. The number of ether oxygens (including phenoxy) is 3. The van der Waals surface area contributed by atoms with Gasteiger partial charge in [0.05, 0.1) is 30.2 Å². The fraction of sp³-hybridized carbons (Fsp3) is 0.423. The van der Waals surface area contributed by atoms with Gasteiger partial charge in [0.2, 0.25) is 5.88 Å². The fourth-order valence-electron chi connectivity index (χ4n) is 4.61. The van der Waals surface area contributed by atoms with Gasteiger partial charge < -0.3 is 19.5 Å². The number of nitrogens with one attached hydrogen (secondary N) is 1. The zero-order valence-corrected chi connectivity index (χ0v) is 22.7. The third kappa shape index (κ3) is 5.80. The van der Waals surface area contributed by atoms with Crippen molar-refractivity contribution in [1.82, 2.24) is 34.7 Å². The summed E-state index contributed by atoms with van der Waals surface area (Å²) in [5.41, 5.74) is 3.75. The average molecular weight is 557 g/mol. The topological polar surface area (TPSA) is 124 Å². The van der Waals surface area contributed by atoms with Gasteiger partial charge in [0.1, 0.15) is 35.8 Å². The number of hydrogen-bond acceptors (Lipinski definition) is 9. The molecule has 206 valence electrons. The molecular weight excluding hydrogens is 527 g/mol. The first-order chi connectivity index (χ1) is 18.5. The zero-order chi connectivity index (χ0) is 26.6. The Morgan fingerprint density at radius 1 is 1.23 bits per heavy atom. The number of methoxy groups -OCH3 is 1. The lowest BCUT2D eigenvalue weighted by Crippen LogP contribution is -2.30. The van der Waals surface area contributed by atoms with E-state index >= 15 is 0 Å². The van der Waals surface area contributed by atoms with Gasteiger partial charge in [0.15, 0.2) is 5.82 Å². The van der Waals surface area contributed by atoms with Crippen molar-refractivity contribution in [3.63, 3.8) is 0 Å². The maximum absolute atomic E-state index is 14.2. The second kappa shape index (κ2) is 12.4. The van der Waals surface area contributed by atoms with E-state index in [1.54, 1.807) is 11.3 Å². The number of hydrogen-bond donors (Lipinski definition) is 1. The number of rotatable bonds is 9. The Morgan fingerprint density at radius 3 is 2.77 bits per heavy atom. The lowest BCUT2D eigenvalue weighted by molar-refractivity contribution is 0.139. The molecule has 1 aliphatic rings. The van der Waals surface area contributed by atoms with E-state index in [0.29, 0.717) is 35.6 Å². The number of nitrogens with zero attached hydrogens (tertiary/aromatic N) is 7. The molecule has 1 N–H and O–H groups in total.